The first-order chi connectivity index (χ1) is 5.74. The van der Waals surface area contributed by atoms with Gasteiger partial charge in [-0.2, -0.15) is 0 Å². The maximum absolute atomic E-state index is 5.67. The molecule has 1 atom stereocenters. The van der Waals surface area contributed by atoms with E-state index < -0.39 is 0 Å². The number of methoxy groups -OCH3 is 1. The Labute approximate surface area is 72.6 Å². The molecule has 0 spiro atoms. The van der Waals surface area contributed by atoms with Crippen LogP contribution in [0.4, 0.5) is 0 Å². The van der Waals surface area contributed by atoms with Gasteiger partial charge in [0.1, 0.15) is 5.75 Å². The summed E-state index contributed by atoms with van der Waals surface area (Å²) in [7, 11) is 1.64. The smallest absolute Gasteiger partial charge is 0.140 e. The van der Waals surface area contributed by atoms with Crippen LogP contribution in [0.3, 0.4) is 0 Å². The van der Waals surface area contributed by atoms with E-state index in [-0.39, 0.29) is 6.04 Å². The Morgan fingerprint density at radius 1 is 1.67 bits per heavy atom. The van der Waals surface area contributed by atoms with Crippen LogP contribution in [0.1, 0.15) is 12.5 Å². The highest BCUT2D eigenvalue weighted by molar-refractivity contribution is 5.30. The fourth-order valence-corrected chi connectivity index (χ4v) is 1.11. The first-order valence-electron chi connectivity index (χ1n) is 3.96. The predicted molar refractivity (Wildman–Crippen MR) is 48.1 cm³/mol. The third-order valence-corrected chi connectivity index (χ3v) is 1.63. The average molecular weight is 166 g/mol. The molecule has 12 heavy (non-hydrogen) atoms. The number of ether oxygens (including phenoxy) is 1. The van der Waals surface area contributed by atoms with Crippen LogP contribution in [0.2, 0.25) is 0 Å². The number of rotatable bonds is 3. The van der Waals surface area contributed by atoms with Gasteiger partial charge in [-0.25, -0.2) is 0 Å². The Hall–Kier alpha value is -1.09. The molecule has 0 radical (unpaired) electrons. The van der Waals surface area contributed by atoms with Crippen LogP contribution in [0.15, 0.2) is 18.5 Å². The minimum absolute atomic E-state index is 0.154. The Kier molecular flexibility index (Phi) is 3.05. The summed E-state index contributed by atoms with van der Waals surface area (Å²) in [5, 5.41) is 0. The largest absolute Gasteiger partial charge is 0.495 e. The Morgan fingerprint density at radius 2 is 2.42 bits per heavy atom. The SMILES string of the molecule is COc1cnccc1CC(C)N. The lowest BCUT2D eigenvalue weighted by Crippen LogP contribution is -2.18. The van der Waals surface area contributed by atoms with Crippen molar-refractivity contribution in [3.8, 4) is 5.75 Å². The van der Waals surface area contributed by atoms with Crippen LogP contribution < -0.4 is 10.5 Å². The number of nitrogens with zero attached hydrogens (tertiary/aromatic N) is 1. The summed E-state index contributed by atoms with van der Waals surface area (Å²) in [6, 6.07) is 2.09. The molecular formula is C9H14N2O. The van der Waals surface area contributed by atoms with E-state index in [4.69, 9.17) is 10.5 Å². The molecule has 0 fully saturated rings. The van der Waals surface area contributed by atoms with Crippen LogP contribution in [0.25, 0.3) is 0 Å². The molecule has 1 heterocycles. The van der Waals surface area contributed by atoms with Gasteiger partial charge in [-0.15, -0.1) is 0 Å². The van der Waals surface area contributed by atoms with Crippen LogP contribution in [0, 0.1) is 0 Å². The topological polar surface area (TPSA) is 48.1 Å². The third-order valence-electron chi connectivity index (χ3n) is 1.63. The summed E-state index contributed by atoms with van der Waals surface area (Å²) in [6.45, 7) is 1.97. The maximum Gasteiger partial charge on any atom is 0.140 e. The molecular weight excluding hydrogens is 152 g/mol. The van der Waals surface area contributed by atoms with Crippen molar-refractivity contribution in [2.45, 2.75) is 19.4 Å². The highest BCUT2D eigenvalue weighted by Gasteiger charge is 2.03. The summed E-state index contributed by atoms with van der Waals surface area (Å²) < 4.78 is 5.13. The van der Waals surface area contributed by atoms with Crippen molar-refractivity contribution in [2.75, 3.05) is 7.11 Å². The number of hydrogen-bond donors (Lipinski definition) is 1. The normalized spacial score (nSPS) is 12.6. The molecule has 1 unspecified atom stereocenters. The minimum Gasteiger partial charge on any atom is -0.495 e. The predicted octanol–water partition coefficient (Wildman–Crippen LogP) is 0.980. The molecule has 2 N–H and O–H groups in total. The van der Waals surface area contributed by atoms with E-state index in [2.05, 4.69) is 4.98 Å². The second-order valence-corrected chi connectivity index (χ2v) is 2.87. The van der Waals surface area contributed by atoms with E-state index in [0.717, 1.165) is 17.7 Å². The molecule has 0 aliphatic rings. The lowest BCUT2D eigenvalue weighted by Gasteiger charge is -2.08. The summed E-state index contributed by atoms with van der Waals surface area (Å²) in [5.41, 5.74) is 6.79. The van der Waals surface area contributed by atoms with Crippen LogP contribution in [-0.2, 0) is 6.42 Å². The molecule has 1 rings (SSSR count). The lowest BCUT2D eigenvalue weighted by molar-refractivity contribution is 0.406. The number of pyridine rings is 1. The zero-order chi connectivity index (χ0) is 8.97. The zero-order valence-electron chi connectivity index (χ0n) is 7.45. The van der Waals surface area contributed by atoms with E-state index in [1.165, 1.54) is 0 Å². The second kappa shape index (κ2) is 4.07. The van der Waals surface area contributed by atoms with E-state index >= 15 is 0 Å². The zero-order valence-corrected chi connectivity index (χ0v) is 7.45. The van der Waals surface area contributed by atoms with E-state index in [1.807, 2.05) is 13.0 Å². The quantitative estimate of drug-likeness (QED) is 0.728. The van der Waals surface area contributed by atoms with Gasteiger partial charge in [0, 0.05) is 12.2 Å². The van der Waals surface area contributed by atoms with Gasteiger partial charge < -0.3 is 10.5 Å². The molecule has 1 aromatic rings. The lowest BCUT2D eigenvalue weighted by atomic mass is 10.1. The van der Waals surface area contributed by atoms with Crippen LogP contribution >= 0.6 is 0 Å². The van der Waals surface area contributed by atoms with E-state index in [1.54, 1.807) is 19.5 Å². The highest BCUT2D eigenvalue weighted by Crippen LogP contribution is 2.16. The highest BCUT2D eigenvalue weighted by atomic mass is 16.5. The van der Waals surface area contributed by atoms with Crippen molar-refractivity contribution in [2.24, 2.45) is 5.73 Å². The van der Waals surface area contributed by atoms with Gasteiger partial charge in [0.25, 0.3) is 0 Å². The molecule has 0 aliphatic heterocycles. The van der Waals surface area contributed by atoms with Crippen molar-refractivity contribution in [3.05, 3.63) is 24.0 Å². The fraction of sp³-hybridized carbons (Fsp3) is 0.444. The van der Waals surface area contributed by atoms with Gasteiger partial charge in [-0.1, -0.05) is 0 Å². The minimum atomic E-state index is 0.154. The Bertz CT molecular complexity index is 248. The van der Waals surface area contributed by atoms with Gasteiger partial charge in [0.05, 0.1) is 13.3 Å². The van der Waals surface area contributed by atoms with Crippen molar-refractivity contribution < 1.29 is 4.74 Å². The first-order valence-corrected chi connectivity index (χ1v) is 3.96. The molecule has 0 saturated carbocycles. The van der Waals surface area contributed by atoms with Crippen molar-refractivity contribution >= 4 is 0 Å². The molecule has 0 aliphatic carbocycles. The van der Waals surface area contributed by atoms with Gasteiger partial charge in [-0.3, -0.25) is 4.98 Å². The van der Waals surface area contributed by atoms with Crippen molar-refractivity contribution in [1.29, 1.82) is 0 Å². The van der Waals surface area contributed by atoms with E-state index in [0.29, 0.717) is 0 Å². The summed E-state index contributed by atoms with van der Waals surface area (Å²) in [6.07, 6.45) is 4.28. The van der Waals surface area contributed by atoms with Gasteiger partial charge in [0.15, 0.2) is 0 Å². The Morgan fingerprint density at radius 3 is 3.00 bits per heavy atom. The molecule has 1 aromatic heterocycles. The van der Waals surface area contributed by atoms with Crippen molar-refractivity contribution in [1.82, 2.24) is 4.98 Å². The summed E-state index contributed by atoms with van der Waals surface area (Å²) in [5.74, 6) is 0.815. The standard InChI is InChI=1S/C9H14N2O/c1-7(10)5-8-3-4-11-6-9(8)12-2/h3-4,6-7H,5,10H2,1-2H3. The monoisotopic (exact) mass is 166 g/mol. The molecule has 66 valence electrons. The van der Waals surface area contributed by atoms with Crippen molar-refractivity contribution in [3.63, 3.8) is 0 Å². The van der Waals surface area contributed by atoms with E-state index in [9.17, 15) is 0 Å². The molecule has 0 amide bonds. The van der Waals surface area contributed by atoms with Crippen LogP contribution in [-0.4, -0.2) is 18.1 Å². The molecule has 3 heteroatoms. The fourth-order valence-electron chi connectivity index (χ4n) is 1.11. The Balaban J connectivity index is 2.82. The first kappa shape index (κ1) is 9.00. The number of aromatic nitrogens is 1. The van der Waals surface area contributed by atoms with Gasteiger partial charge in [0.2, 0.25) is 0 Å². The summed E-state index contributed by atoms with van der Waals surface area (Å²) in [4.78, 5) is 3.96. The maximum atomic E-state index is 5.67. The third kappa shape index (κ3) is 2.20. The summed E-state index contributed by atoms with van der Waals surface area (Å²) >= 11 is 0. The molecule has 0 bridgehead atoms. The number of hydrogen-bond acceptors (Lipinski definition) is 3. The number of nitrogens with two attached hydrogens (primary N) is 1. The second-order valence-electron chi connectivity index (χ2n) is 2.87. The van der Waals surface area contributed by atoms with Gasteiger partial charge in [-0.05, 0) is 25.0 Å². The molecule has 0 saturated heterocycles. The molecule has 0 aromatic carbocycles. The average Bonchev–Trinajstić information content (AvgIpc) is 2.04. The van der Waals surface area contributed by atoms with Crippen LogP contribution in [0.5, 0.6) is 5.75 Å². The molecule has 3 nitrogen and oxygen atoms in total. The van der Waals surface area contributed by atoms with Gasteiger partial charge >= 0.3 is 0 Å².